The highest BCUT2D eigenvalue weighted by Crippen LogP contribution is 2.29. The fourth-order valence-corrected chi connectivity index (χ4v) is 2.65. The van der Waals surface area contributed by atoms with Gasteiger partial charge in [0.05, 0.1) is 35.0 Å². The number of aliphatic hydroxyl groups excluding tert-OH is 1. The fraction of sp³-hybridized carbons (Fsp3) is 0.273. The molecule has 144 valence electrons. The van der Waals surface area contributed by atoms with Gasteiger partial charge in [0.15, 0.2) is 23.0 Å². The smallest absolute Gasteiger partial charge is 0.161 e. The molecular weight excluding hydrogens is 344 g/mol. The maximum atomic E-state index is 9.67. The number of hydrogen-bond donors (Lipinski definition) is 1. The van der Waals surface area contributed by atoms with Gasteiger partial charge in [0.2, 0.25) is 0 Å². The third-order valence-corrected chi connectivity index (χ3v) is 4.08. The number of methoxy groups -OCH3 is 4. The van der Waals surface area contributed by atoms with Crippen molar-refractivity contribution in [3.8, 4) is 23.0 Å². The van der Waals surface area contributed by atoms with Gasteiger partial charge in [0.1, 0.15) is 0 Å². The average Bonchev–Trinajstić information content (AvgIpc) is 2.72. The lowest BCUT2D eigenvalue weighted by molar-refractivity contribution is 0.330. The van der Waals surface area contributed by atoms with Gasteiger partial charge in [0, 0.05) is 0 Å². The van der Waals surface area contributed by atoms with Crippen molar-refractivity contribution in [3.05, 3.63) is 59.2 Å². The summed E-state index contributed by atoms with van der Waals surface area (Å²) >= 11 is 0. The highest BCUT2D eigenvalue weighted by molar-refractivity contribution is 5.60. The molecule has 5 nitrogen and oxygen atoms in total. The number of rotatable bonds is 9. The number of hydrogen-bond acceptors (Lipinski definition) is 5. The molecule has 0 aromatic heterocycles. The Morgan fingerprint density at radius 2 is 1.30 bits per heavy atom. The Bertz CT molecular complexity index is 808. The zero-order valence-corrected chi connectivity index (χ0v) is 16.2. The molecule has 27 heavy (non-hydrogen) atoms. The molecule has 2 rings (SSSR count). The summed E-state index contributed by atoms with van der Waals surface area (Å²) < 4.78 is 21.1. The molecule has 0 heterocycles. The van der Waals surface area contributed by atoms with E-state index < -0.39 is 0 Å². The minimum atomic E-state index is -0.0232. The van der Waals surface area contributed by atoms with Gasteiger partial charge in [-0.2, -0.15) is 0 Å². The van der Waals surface area contributed by atoms with Crippen LogP contribution in [0.4, 0.5) is 0 Å². The third-order valence-electron chi connectivity index (χ3n) is 4.08. The monoisotopic (exact) mass is 370 g/mol. The predicted octanol–water partition coefficient (Wildman–Crippen LogP) is 4.20. The van der Waals surface area contributed by atoms with Gasteiger partial charge < -0.3 is 24.1 Å². The molecule has 0 saturated carbocycles. The maximum absolute atomic E-state index is 9.67. The van der Waals surface area contributed by atoms with Crippen LogP contribution in [-0.2, 0) is 0 Å². The van der Waals surface area contributed by atoms with E-state index in [0.717, 1.165) is 16.7 Å². The van der Waals surface area contributed by atoms with Gasteiger partial charge in [-0.1, -0.05) is 30.4 Å². The second-order valence-electron chi connectivity index (χ2n) is 5.80. The molecule has 0 atom stereocenters. The van der Waals surface area contributed by atoms with E-state index >= 15 is 0 Å². The zero-order chi connectivity index (χ0) is 19.6. The van der Waals surface area contributed by atoms with Crippen molar-refractivity contribution in [1.29, 1.82) is 0 Å². The lowest BCUT2D eigenvalue weighted by Gasteiger charge is -2.09. The second-order valence-corrected chi connectivity index (χ2v) is 5.80. The van der Waals surface area contributed by atoms with E-state index in [0.29, 0.717) is 29.4 Å². The topological polar surface area (TPSA) is 57.2 Å². The van der Waals surface area contributed by atoms with Gasteiger partial charge in [-0.3, -0.25) is 0 Å². The van der Waals surface area contributed by atoms with Crippen LogP contribution in [0.15, 0.2) is 48.0 Å². The molecule has 0 bridgehead atoms. The fourth-order valence-electron chi connectivity index (χ4n) is 2.65. The molecule has 2 aromatic rings. The first-order valence-electron chi connectivity index (χ1n) is 8.56. The summed E-state index contributed by atoms with van der Waals surface area (Å²) in [5.74, 6) is 2.71. The van der Waals surface area contributed by atoms with Gasteiger partial charge >= 0.3 is 0 Å². The van der Waals surface area contributed by atoms with E-state index in [2.05, 4.69) is 0 Å². The van der Waals surface area contributed by atoms with Crippen LogP contribution in [0.2, 0.25) is 0 Å². The molecule has 0 fully saturated rings. The van der Waals surface area contributed by atoms with E-state index in [1.54, 1.807) is 28.4 Å². The first-order valence-corrected chi connectivity index (χ1v) is 8.56. The van der Waals surface area contributed by atoms with E-state index in [1.165, 1.54) is 0 Å². The predicted molar refractivity (Wildman–Crippen MR) is 108 cm³/mol. The molecular formula is C22H26O5. The second kappa shape index (κ2) is 10.3. The molecule has 0 amide bonds. The minimum absolute atomic E-state index is 0.0232. The van der Waals surface area contributed by atoms with Crippen LogP contribution in [0, 0.1) is 0 Å². The van der Waals surface area contributed by atoms with Gasteiger partial charge in [-0.05, 0) is 47.4 Å². The molecule has 0 unspecified atom stereocenters. The first kappa shape index (κ1) is 20.4. The number of allylic oxidation sites excluding steroid dienone is 1. The highest BCUT2D eigenvalue weighted by atomic mass is 16.5. The molecule has 2 aromatic carbocycles. The summed E-state index contributed by atoms with van der Waals surface area (Å²) in [6, 6.07) is 11.4. The SMILES string of the molecule is COc1ccc(/C=C(\CO)C/C=C/c2ccc(OC)c(OC)c2)cc1OC. The van der Waals surface area contributed by atoms with Gasteiger partial charge in [-0.15, -0.1) is 0 Å². The van der Waals surface area contributed by atoms with Crippen molar-refractivity contribution in [2.24, 2.45) is 0 Å². The molecule has 0 aliphatic rings. The molecule has 1 N–H and O–H groups in total. The summed E-state index contributed by atoms with van der Waals surface area (Å²) in [5.41, 5.74) is 2.83. The lowest BCUT2D eigenvalue weighted by atomic mass is 10.1. The minimum Gasteiger partial charge on any atom is -0.493 e. The van der Waals surface area contributed by atoms with Gasteiger partial charge in [0.25, 0.3) is 0 Å². The Kier molecular flexibility index (Phi) is 7.77. The van der Waals surface area contributed by atoms with Crippen molar-refractivity contribution in [3.63, 3.8) is 0 Å². The van der Waals surface area contributed by atoms with Crippen molar-refractivity contribution >= 4 is 12.2 Å². The Morgan fingerprint density at radius 1 is 0.778 bits per heavy atom. The van der Waals surface area contributed by atoms with Crippen molar-refractivity contribution in [1.82, 2.24) is 0 Å². The highest BCUT2D eigenvalue weighted by Gasteiger charge is 2.05. The molecule has 0 aliphatic heterocycles. The van der Waals surface area contributed by atoms with Crippen LogP contribution in [0.3, 0.4) is 0 Å². The zero-order valence-electron chi connectivity index (χ0n) is 16.2. The number of benzene rings is 2. The first-order chi connectivity index (χ1) is 13.1. The third kappa shape index (κ3) is 5.53. The molecule has 5 heteroatoms. The van der Waals surface area contributed by atoms with Crippen LogP contribution in [-0.4, -0.2) is 40.2 Å². The largest absolute Gasteiger partial charge is 0.493 e. The van der Waals surface area contributed by atoms with E-state index in [-0.39, 0.29) is 6.61 Å². The van der Waals surface area contributed by atoms with Gasteiger partial charge in [-0.25, -0.2) is 0 Å². The molecule has 0 radical (unpaired) electrons. The quantitative estimate of drug-likeness (QED) is 0.717. The maximum Gasteiger partial charge on any atom is 0.161 e. The van der Waals surface area contributed by atoms with Crippen LogP contribution < -0.4 is 18.9 Å². The van der Waals surface area contributed by atoms with Crippen LogP contribution >= 0.6 is 0 Å². The van der Waals surface area contributed by atoms with Crippen molar-refractivity contribution < 1.29 is 24.1 Å². The standard InChI is InChI=1S/C22H26O5/c1-24-19-10-8-16(13-21(19)26-3)6-5-7-18(15-23)12-17-9-11-20(25-2)22(14-17)27-4/h5-6,8-14,23H,7,15H2,1-4H3/b6-5+,18-12-. The summed E-state index contributed by atoms with van der Waals surface area (Å²) in [6.45, 7) is -0.0232. The molecule has 0 saturated heterocycles. The molecule has 0 spiro atoms. The summed E-state index contributed by atoms with van der Waals surface area (Å²) in [5, 5.41) is 9.67. The van der Waals surface area contributed by atoms with Crippen LogP contribution in [0.25, 0.3) is 12.2 Å². The Labute approximate surface area is 160 Å². The number of ether oxygens (including phenoxy) is 4. The van der Waals surface area contributed by atoms with E-state index in [9.17, 15) is 5.11 Å². The van der Waals surface area contributed by atoms with Crippen LogP contribution in [0.5, 0.6) is 23.0 Å². The Morgan fingerprint density at radius 3 is 1.81 bits per heavy atom. The lowest BCUT2D eigenvalue weighted by Crippen LogP contribution is -1.92. The van der Waals surface area contributed by atoms with Crippen LogP contribution in [0.1, 0.15) is 17.5 Å². The van der Waals surface area contributed by atoms with Crippen molar-refractivity contribution in [2.45, 2.75) is 6.42 Å². The average molecular weight is 370 g/mol. The number of aliphatic hydroxyl groups is 1. The Balaban J connectivity index is 2.13. The van der Waals surface area contributed by atoms with E-state index in [4.69, 9.17) is 18.9 Å². The summed E-state index contributed by atoms with van der Waals surface area (Å²) in [4.78, 5) is 0. The summed E-state index contributed by atoms with van der Waals surface area (Å²) in [7, 11) is 6.43. The summed E-state index contributed by atoms with van der Waals surface area (Å²) in [6.07, 6.45) is 6.56. The Hall–Kier alpha value is -2.92. The van der Waals surface area contributed by atoms with Crippen molar-refractivity contribution in [2.75, 3.05) is 35.0 Å². The molecule has 0 aliphatic carbocycles. The van der Waals surface area contributed by atoms with E-state index in [1.807, 2.05) is 54.6 Å². The normalized spacial score (nSPS) is 11.5.